The Hall–Kier alpha value is -3.15. The Morgan fingerprint density at radius 3 is 2.38 bits per heavy atom. The monoisotopic (exact) mass is 604 g/mol. The van der Waals surface area contributed by atoms with Gasteiger partial charge in [0.1, 0.15) is 0 Å². The maximum atomic E-state index is 13.5. The Morgan fingerprint density at radius 1 is 1.10 bits per heavy atom. The first-order chi connectivity index (χ1) is 20.0. The molecule has 0 spiro atoms. The molecule has 3 atom stereocenters. The summed E-state index contributed by atoms with van der Waals surface area (Å²) >= 11 is 0. The zero-order chi connectivity index (χ0) is 31.1. The van der Waals surface area contributed by atoms with Crippen molar-refractivity contribution in [2.45, 2.75) is 78.0 Å². The van der Waals surface area contributed by atoms with Crippen LogP contribution in [0.4, 0.5) is 11.4 Å². The number of benzene rings is 2. The normalized spacial score (nSPS) is 16.2. The molecule has 1 saturated heterocycles. The summed E-state index contributed by atoms with van der Waals surface area (Å²) in [5.74, 6) is 0.428. The number of nitrogens with zero attached hydrogens (tertiary/aromatic N) is 1. The first-order valence-corrected chi connectivity index (χ1v) is 16.3. The van der Waals surface area contributed by atoms with Crippen LogP contribution in [-0.2, 0) is 21.2 Å². The van der Waals surface area contributed by atoms with Gasteiger partial charge in [-0.2, -0.15) is 0 Å². The average Bonchev–Trinajstić information content (AvgIpc) is 3.31. The van der Waals surface area contributed by atoms with Gasteiger partial charge in [-0.25, -0.2) is 8.42 Å². The summed E-state index contributed by atoms with van der Waals surface area (Å²) in [6.45, 7) is 9.65. The van der Waals surface area contributed by atoms with Gasteiger partial charge in [0.05, 0.1) is 23.6 Å². The molecule has 1 aliphatic heterocycles. The number of hydrogen-bond donors (Lipinski definition) is 5. The molecule has 0 radical (unpaired) electrons. The third-order valence-corrected chi connectivity index (χ3v) is 8.99. The van der Waals surface area contributed by atoms with Crippen LogP contribution in [-0.4, -0.2) is 74.6 Å². The first kappa shape index (κ1) is 35.0. The minimum absolute atomic E-state index is 0.105. The van der Waals surface area contributed by atoms with Crippen molar-refractivity contribution >= 4 is 33.8 Å². The van der Waals surface area contributed by atoms with Gasteiger partial charge in [-0.15, -0.1) is 0 Å². The van der Waals surface area contributed by atoms with Gasteiger partial charge in [0.2, 0.25) is 10.0 Å². The van der Waals surface area contributed by atoms with Crippen LogP contribution < -0.4 is 20.3 Å². The van der Waals surface area contributed by atoms with E-state index in [-0.39, 0.29) is 24.2 Å². The SMILES string of the molecule is CCNc1cc(C(=O)N[C@@H](Cc2ccccc2)[C@H](O)CNC(C)CCCC(C)C)cc(N2CCCS2(=O)=O)c1.O=CO. The zero-order valence-corrected chi connectivity index (χ0v) is 26.1. The number of rotatable bonds is 15. The smallest absolute Gasteiger partial charge is 0.290 e. The van der Waals surface area contributed by atoms with Crippen LogP contribution in [0.1, 0.15) is 69.3 Å². The minimum Gasteiger partial charge on any atom is -0.483 e. The Balaban J connectivity index is 0.00000197. The fourth-order valence-corrected chi connectivity index (χ4v) is 6.47. The van der Waals surface area contributed by atoms with Crippen molar-refractivity contribution in [1.82, 2.24) is 10.6 Å². The topological polar surface area (TPSA) is 148 Å². The number of sulfonamides is 1. The highest BCUT2D eigenvalue weighted by Crippen LogP contribution is 2.28. The molecule has 11 heteroatoms. The number of nitrogens with one attached hydrogen (secondary N) is 3. The second-order valence-electron chi connectivity index (χ2n) is 11.1. The van der Waals surface area contributed by atoms with Gasteiger partial charge in [-0.3, -0.25) is 13.9 Å². The van der Waals surface area contributed by atoms with Crippen molar-refractivity contribution in [3.63, 3.8) is 0 Å². The van der Waals surface area contributed by atoms with Gasteiger partial charge >= 0.3 is 0 Å². The summed E-state index contributed by atoms with van der Waals surface area (Å²) in [5, 5.41) is 27.8. The minimum atomic E-state index is -3.39. The van der Waals surface area contributed by atoms with Crippen LogP contribution >= 0.6 is 0 Å². The summed E-state index contributed by atoms with van der Waals surface area (Å²) in [7, 11) is -3.39. The zero-order valence-electron chi connectivity index (χ0n) is 25.3. The lowest BCUT2D eigenvalue weighted by molar-refractivity contribution is -0.122. The number of carbonyl (C=O) groups excluding carboxylic acids is 1. The quantitative estimate of drug-likeness (QED) is 0.193. The van der Waals surface area contributed by atoms with E-state index in [1.165, 1.54) is 10.7 Å². The number of hydrogen-bond acceptors (Lipinski definition) is 7. The van der Waals surface area contributed by atoms with Crippen molar-refractivity contribution < 1.29 is 28.2 Å². The molecule has 1 aliphatic rings. The van der Waals surface area contributed by atoms with E-state index in [1.54, 1.807) is 18.2 Å². The van der Waals surface area contributed by atoms with Crippen LogP contribution in [0.5, 0.6) is 0 Å². The molecule has 0 aromatic heterocycles. The van der Waals surface area contributed by atoms with E-state index in [0.717, 1.165) is 18.4 Å². The van der Waals surface area contributed by atoms with Crippen molar-refractivity contribution in [3.8, 4) is 0 Å². The molecule has 0 saturated carbocycles. The van der Waals surface area contributed by atoms with Crippen molar-refractivity contribution in [3.05, 3.63) is 59.7 Å². The van der Waals surface area contributed by atoms with E-state index in [9.17, 15) is 18.3 Å². The van der Waals surface area contributed by atoms with Gasteiger partial charge in [-0.05, 0) is 62.8 Å². The molecule has 234 valence electrons. The van der Waals surface area contributed by atoms with E-state index < -0.39 is 22.2 Å². The summed E-state index contributed by atoms with van der Waals surface area (Å²) < 4.78 is 26.5. The predicted octanol–water partition coefficient (Wildman–Crippen LogP) is 3.87. The number of aliphatic hydroxyl groups is 1. The Bertz CT molecular complexity index is 1210. The number of carbonyl (C=O) groups is 2. The number of anilines is 2. The summed E-state index contributed by atoms with van der Waals surface area (Å²) in [4.78, 5) is 21.9. The Morgan fingerprint density at radius 2 is 1.79 bits per heavy atom. The van der Waals surface area contributed by atoms with Gasteiger partial charge in [0.15, 0.2) is 0 Å². The molecule has 1 fully saturated rings. The third kappa shape index (κ3) is 11.6. The van der Waals surface area contributed by atoms with Gasteiger partial charge in [0, 0.05) is 36.9 Å². The molecule has 3 rings (SSSR count). The molecule has 2 aromatic rings. The van der Waals surface area contributed by atoms with Crippen molar-refractivity contribution in [2.75, 3.05) is 35.0 Å². The lowest BCUT2D eigenvalue weighted by Crippen LogP contribution is -2.49. The largest absolute Gasteiger partial charge is 0.483 e. The molecule has 1 heterocycles. The van der Waals surface area contributed by atoms with E-state index in [1.807, 2.05) is 37.3 Å². The summed E-state index contributed by atoms with van der Waals surface area (Å²) in [5.41, 5.74) is 2.52. The second kappa shape index (κ2) is 17.7. The third-order valence-electron chi connectivity index (χ3n) is 7.12. The van der Waals surface area contributed by atoms with Crippen LogP contribution in [0.3, 0.4) is 0 Å². The standard InChI is InChI=1S/C30H46N4O4S.CH2O2/c1-5-31-26-18-25(19-27(20-26)34-15-10-16-39(34,37)38)30(36)33-28(17-24-13-7-6-8-14-24)29(35)21-32-23(4)12-9-11-22(2)3;2-1-3/h6-8,13-14,18-20,22-23,28-29,31-32,35H,5,9-12,15-17,21H2,1-4H3,(H,33,36);1H,(H,2,3)/t23?,28-,29+;/m0./s1. The fraction of sp³-hybridized carbons (Fsp3) is 0.548. The predicted molar refractivity (Wildman–Crippen MR) is 169 cm³/mol. The molecule has 1 unspecified atom stereocenters. The van der Waals surface area contributed by atoms with Crippen molar-refractivity contribution in [2.24, 2.45) is 5.92 Å². The highest BCUT2D eigenvalue weighted by Gasteiger charge is 2.30. The van der Waals surface area contributed by atoms with E-state index in [4.69, 9.17) is 9.90 Å². The molecule has 5 N–H and O–H groups in total. The maximum absolute atomic E-state index is 13.5. The molecule has 2 aromatic carbocycles. The molecule has 42 heavy (non-hydrogen) atoms. The molecule has 0 aliphatic carbocycles. The first-order valence-electron chi connectivity index (χ1n) is 14.7. The second-order valence-corrected chi connectivity index (χ2v) is 13.1. The fourth-order valence-electron chi connectivity index (χ4n) is 4.92. The number of aliphatic hydroxyl groups excluding tert-OH is 1. The molecular formula is C31H48N4O6S. The maximum Gasteiger partial charge on any atom is 0.290 e. The summed E-state index contributed by atoms with van der Waals surface area (Å²) in [6, 6.07) is 14.6. The lowest BCUT2D eigenvalue weighted by atomic mass is 9.99. The van der Waals surface area contributed by atoms with Crippen LogP contribution in [0.15, 0.2) is 48.5 Å². The highest BCUT2D eigenvalue weighted by molar-refractivity contribution is 7.93. The summed E-state index contributed by atoms with van der Waals surface area (Å²) in [6.07, 6.45) is 3.55. The van der Waals surface area contributed by atoms with E-state index in [2.05, 4.69) is 36.7 Å². The lowest BCUT2D eigenvalue weighted by Gasteiger charge is -2.27. The number of carboxylic acid groups (broad SMARTS) is 1. The van der Waals surface area contributed by atoms with Crippen LogP contribution in [0, 0.1) is 5.92 Å². The van der Waals surface area contributed by atoms with Crippen molar-refractivity contribution in [1.29, 1.82) is 0 Å². The average molecular weight is 605 g/mol. The molecule has 0 bridgehead atoms. The van der Waals surface area contributed by atoms with E-state index >= 15 is 0 Å². The number of amides is 1. The molecule has 10 nitrogen and oxygen atoms in total. The van der Waals surface area contributed by atoms with Gasteiger partial charge in [0.25, 0.3) is 12.4 Å². The highest BCUT2D eigenvalue weighted by atomic mass is 32.2. The molecule has 1 amide bonds. The van der Waals surface area contributed by atoms with Gasteiger partial charge < -0.3 is 26.2 Å². The molecular weight excluding hydrogens is 556 g/mol. The Labute approximate surface area is 251 Å². The van der Waals surface area contributed by atoms with Gasteiger partial charge in [-0.1, -0.05) is 57.0 Å². The van der Waals surface area contributed by atoms with Crippen LogP contribution in [0.2, 0.25) is 0 Å². The van der Waals surface area contributed by atoms with Crippen LogP contribution in [0.25, 0.3) is 0 Å². The van der Waals surface area contributed by atoms with E-state index in [0.29, 0.717) is 55.3 Å². The Kier molecular flexibility index (Phi) is 14.8.